The molecule has 2 aromatic rings. The van der Waals surface area contributed by atoms with E-state index in [9.17, 15) is 14.4 Å². The molecule has 8 nitrogen and oxygen atoms in total. The van der Waals surface area contributed by atoms with Crippen molar-refractivity contribution >= 4 is 46.6 Å². The minimum atomic E-state index is -0.684. The molecule has 1 fully saturated rings. The molecule has 30 heavy (non-hydrogen) atoms. The summed E-state index contributed by atoms with van der Waals surface area (Å²) in [7, 11) is 2.70. The summed E-state index contributed by atoms with van der Waals surface area (Å²) in [4.78, 5) is 36.5. The second kappa shape index (κ2) is 9.61. The number of methoxy groups -OCH3 is 2. The quantitative estimate of drug-likeness (QED) is 0.260. The zero-order valence-electron chi connectivity index (χ0n) is 16.3. The van der Waals surface area contributed by atoms with Gasteiger partial charge in [-0.25, -0.2) is 9.69 Å². The number of urea groups is 1. The van der Waals surface area contributed by atoms with Crippen molar-refractivity contribution in [3.63, 3.8) is 0 Å². The topological polar surface area (TPSA) is 94.2 Å². The van der Waals surface area contributed by atoms with Gasteiger partial charge in [0, 0.05) is 3.57 Å². The van der Waals surface area contributed by atoms with Gasteiger partial charge in [0.2, 0.25) is 0 Å². The van der Waals surface area contributed by atoms with E-state index in [1.165, 1.54) is 20.3 Å². The lowest BCUT2D eigenvalue weighted by Crippen LogP contribution is -2.36. The third-order valence-corrected chi connectivity index (χ3v) is 5.00. The molecule has 156 valence electrons. The van der Waals surface area contributed by atoms with Crippen LogP contribution in [0.4, 0.5) is 4.79 Å². The molecule has 0 unspecified atom stereocenters. The number of amides is 3. The summed E-state index contributed by atoms with van der Waals surface area (Å²) in [5.74, 6) is -0.259. The number of hydrogen-bond acceptors (Lipinski definition) is 6. The number of halogens is 1. The molecule has 1 saturated heterocycles. The molecule has 0 saturated carbocycles. The van der Waals surface area contributed by atoms with Gasteiger partial charge in [-0.1, -0.05) is 18.2 Å². The molecule has 0 atom stereocenters. The second-order valence-corrected chi connectivity index (χ2v) is 7.53. The zero-order chi connectivity index (χ0) is 21.7. The summed E-state index contributed by atoms with van der Waals surface area (Å²) in [6.07, 6.45) is 1.50. The lowest BCUT2D eigenvalue weighted by atomic mass is 10.1. The van der Waals surface area contributed by atoms with Gasteiger partial charge < -0.3 is 19.5 Å². The number of rotatable bonds is 7. The van der Waals surface area contributed by atoms with Crippen molar-refractivity contribution in [3.8, 4) is 11.5 Å². The fraction of sp³-hybridized carbons (Fsp3) is 0.190. The van der Waals surface area contributed by atoms with Crippen LogP contribution in [0.2, 0.25) is 0 Å². The van der Waals surface area contributed by atoms with Crippen molar-refractivity contribution in [1.29, 1.82) is 0 Å². The molecule has 0 spiro atoms. The Morgan fingerprint density at radius 2 is 1.83 bits per heavy atom. The maximum Gasteiger partial charge on any atom is 0.329 e. The van der Waals surface area contributed by atoms with Crippen LogP contribution in [0.15, 0.2) is 48.2 Å². The SMILES string of the molecule is COC(=O)CN1C(=O)N/C(=C/c2ccc(OCc3ccc(I)cc3)c(OC)c2)C1=O. The number of nitrogens with zero attached hydrogens (tertiary/aromatic N) is 1. The number of esters is 1. The molecular weight excluding hydrogens is 503 g/mol. The first-order valence-electron chi connectivity index (χ1n) is 8.88. The smallest absolute Gasteiger partial charge is 0.329 e. The first-order valence-corrected chi connectivity index (χ1v) is 9.95. The monoisotopic (exact) mass is 522 g/mol. The Morgan fingerprint density at radius 1 is 1.10 bits per heavy atom. The van der Waals surface area contributed by atoms with Crippen LogP contribution in [0.1, 0.15) is 11.1 Å². The largest absolute Gasteiger partial charge is 0.493 e. The number of hydrogen-bond donors (Lipinski definition) is 1. The molecule has 1 heterocycles. The van der Waals surface area contributed by atoms with E-state index in [1.807, 2.05) is 24.3 Å². The highest BCUT2D eigenvalue weighted by molar-refractivity contribution is 14.1. The second-order valence-electron chi connectivity index (χ2n) is 6.28. The number of imide groups is 1. The Kier molecular flexibility index (Phi) is 6.93. The normalized spacial score (nSPS) is 14.6. The number of benzene rings is 2. The molecule has 0 bridgehead atoms. The predicted octanol–water partition coefficient (Wildman–Crippen LogP) is 2.94. The van der Waals surface area contributed by atoms with Crippen LogP contribution in [0, 0.1) is 3.57 Å². The summed E-state index contributed by atoms with van der Waals surface area (Å²) in [6, 6.07) is 12.5. The molecule has 3 rings (SSSR count). The highest BCUT2D eigenvalue weighted by atomic mass is 127. The first kappa shape index (κ1) is 21.6. The molecule has 9 heteroatoms. The van der Waals surface area contributed by atoms with Crippen molar-refractivity contribution in [3.05, 3.63) is 62.9 Å². The van der Waals surface area contributed by atoms with E-state index in [0.29, 0.717) is 23.7 Å². The highest BCUT2D eigenvalue weighted by Crippen LogP contribution is 2.30. The van der Waals surface area contributed by atoms with E-state index < -0.39 is 24.5 Å². The van der Waals surface area contributed by atoms with Gasteiger partial charge in [-0.2, -0.15) is 0 Å². The van der Waals surface area contributed by atoms with Crippen molar-refractivity contribution in [1.82, 2.24) is 10.2 Å². The summed E-state index contributed by atoms with van der Waals surface area (Å²) in [6.45, 7) is -0.0715. The minimum absolute atomic E-state index is 0.0542. The molecule has 1 N–H and O–H groups in total. The maximum absolute atomic E-state index is 12.4. The van der Waals surface area contributed by atoms with Crippen molar-refractivity contribution in [2.24, 2.45) is 0 Å². The lowest BCUT2D eigenvalue weighted by molar-refractivity contribution is -0.143. The number of carbonyl (C=O) groups is 3. The highest BCUT2D eigenvalue weighted by Gasteiger charge is 2.35. The fourth-order valence-electron chi connectivity index (χ4n) is 2.71. The number of carbonyl (C=O) groups excluding carboxylic acids is 3. The maximum atomic E-state index is 12.4. The van der Waals surface area contributed by atoms with E-state index >= 15 is 0 Å². The van der Waals surface area contributed by atoms with Crippen LogP contribution >= 0.6 is 22.6 Å². The van der Waals surface area contributed by atoms with Gasteiger partial charge in [-0.3, -0.25) is 9.59 Å². The molecule has 1 aliphatic heterocycles. The molecule has 1 aliphatic rings. The van der Waals surface area contributed by atoms with Crippen LogP contribution in [0.5, 0.6) is 11.5 Å². The van der Waals surface area contributed by atoms with Crippen LogP contribution in [0.3, 0.4) is 0 Å². The van der Waals surface area contributed by atoms with Crippen molar-refractivity contribution in [2.75, 3.05) is 20.8 Å². The molecule has 0 aliphatic carbocycles. The minimum Gasteiger partial charge on any atom is -0.493 e. The van der Waals surface area contributed by atoms with Crippen molar-refractivity contribution in [2.45, 2.75) is 6.61 Å². The Morgan fingerprint density at radius 3 is 2.50 bits per heavy atom. The summed E-state index contributed by atoms with van der Waals surface area (Å²) in [5.41, 5.74) is 1.70. The standard InChI is InChI=1S/C21H19IN2O6/c1-28-18-10-14(5-8-17(18)30-12-13-3-6-15(22)7-4-13)9-16-20(26)24(21(27)23-16)11-19(25)29-2/h3-10H,11-12H2,1-2H3,(H,23,27)/b16-9+. The first-order chi connectivity index (χ1) is 14.4. The zero-order valence-corrected chi connectivity index (χ0v) is 18.5. The molecule has 0 aromatic heterocycles. The Labute approximate surface area is 186 Å². The molecular formula is C21H19IN2O6. The van der Waals surface area contributed by atoms with Gasteiger partial charge in [-0.15, -0.1) is 0 Å². The predicted molar refractivity (Wildman–Crippen MR) is 117 cm³/mol. The summed E-state index contributed by atoms with van der Waals surface area (Å²) in [5, 5.41) is 2.45. The van der Waals surface area contributed by atoms with Gasteiger partial charge in [0.25, 0.3) is 5.91 Å². The van der Waals surface area contributed by atoms with E-state index in [1.54, 1.807) is 18.2 Å². The summed E-state index contributed by atoms with van der Waals surface area (Å²) < 4.78 is 16.9. The molecule has 2 aromatic carbocycles. The van der Waals surface area contributed by atoms with Crippen LogP contribution in [-0.4, -0.2) is 43.6 Å². The Hall–Kier alpha value is -3.08. The number of nitrogens with one attached hydrogen (secondary N) is 1. The molecule has 3 amide bonds. The van der Waals surface area contributed by atoms with E-state index in [0.717, 1.165) is 14.0 Å². The van der Waals surface area contributed by atoms with Gasteiger partial charge in [0.15, 0.2) is 11.5 Å². The van der Waals surface area contributed by atoms with E-state index in [2.05, 4.69) is 32.6 Å². The average Bonchev–Trinajstić information content (AvgIpc) is 3.00. The average molecular weight is 522 g/mol. The van der Waals surface area contributed by atoms with Gasteiger partial charge >= 0.3 is 12.0 Å². The molecule has 0 radical (unpaired) electrons. The third kappa shape index (κ3) is 5.09. The van der Waals surface area contributed by atoms with Crippen LogP contribution in [0.25, 0.3) is 6.08 Å². The van der Waals surface area contributed by atoms with E-state index in [-0.39, 0.29) is 5.70 Å². The third-order valence-electron chi connectivity index (χ3n) is 4.28. The summed E-state index contributed by atoms with van der Waals surface area (Å²) >= 11 is 2.24. The lowest BCUT2D eigenvalue weighted by Gasteiger charge is -2.12. The van der Waals surface area contributed by atoms with Gasteiger partial charge in [0.05, 0.1) is 14.2 Å². The van der Waals surface area contributed by atoms with Crippen LogP contribution < -0.4 is 14.8 Å². The number of ether oxygens (including phenoxy) is 3. The van der Waals surface area contributed by atoms with Gasteiger partial charge in [0.1, 0.15) is 18.8 Å². The Bertz CT molecular complexity index is 1000. The van der Waals surface area contributed by atoms with E-state index in [4.69, 9.17) is 9.47 Å². The Balaban J connectivity index is 1.74. The van der Waals surface area contributed by atoms with Crippen molar-refractivity contribution < 1.29 is 28.6 Å². The fourth-order valence-corrected chi connectivity index (χ4v) is 3.07. The van der Waals surface area contributed by atoms with Gasteiger partial charge in [-0.05, 0) is 64.1 Å². The van der Waals surface area contributed by atoms with Crippen LogP contribution in [-0.2, 0) is 20.9 Å².